The number of imidazole rings is 1. The average molecular weight is 286 g/mol. The predicted octanol–water partition coefficient (Wildman–Crippen LogP) is 0.601. The monoisotopic (exact) mass is 286 g/mol. The van der Waals surface area contributed by atoms with Crippen molar-refractivity contribution in [3.8, 4) is 0 Å². The first kappa shape index (κ1) is 13.6. The Hall–Kier alpha value is -2.37. The van der Waals surface area contributed by atoms with Crippen LogP contribution in [0.2, 0.25) is 0 Å². The summed E-state index contributed by atoms with van der Waals surface area (Å²) >= 11 is 0. The van der Waals surface area contributed by atoms with Crippen LogP contribution in [0.4, 0.5) is 0 Å². The van der Waals surface area contributed by atoms with Gasteiger partial charge < -0.3 is 15.0 Å². The number of carbonyl (C=O) groups is 2. The Labute approximate surface area is 122 Å². The third-order valence-electron chi connectivity index (χ3n) is 4.00. The van der Waals surface area contributed by atoms with Gasteiger partial charge in [0.1, 0.15) is 5.65 Å². The molecule has 6 nitrogen and oxygen atoms in total. The zero-order chi connectivity index (χ0) is 14.8. The number of hydrogen-bond acceptors (Lipinski definition) is 3. The molecule has 3 heterocycles. The van der Waals surface area contributed by atoms with Gasteiger partial charge in [0, 0.05) is 31.4 Å². The van der Waals surface area contributed by atoms with Crippen molar-refractivity contribution in [2.24, 2.45) is 11.7 Å². The molecule has 0 atom stereocenters. The van der Waals surface area contributed by atoms with E-state index in [1.165, 1.54) is 0 Å². The molecule has 6 heteroatoms. The van der Waals surface area contributed by atoms with Gasteiger partial charge >= 0.3 is 0 Å². The van der Waals surface area contributed by atoms with Crippen LogP contribution in [0.25, 0.3) is 5.65 Å². The fourth-order valence-electron chi connectivity index (χ4n) is 2.75. The molecule has 110 valence electrons. The van der Waals surface area contributed by atoms with Crippen molar-refractivity contribution < 1.29 is 9.59 Å². The molecule has 0 spiro atoms. The first-order chi connectivity index (χ1) is 10.1. The normalized spacial score (nSPS) is 16.3. The maximum Gasteiger partial charge on any atom is 0.228 e. The van der Waals surface area contributed by atoms with Crippen molar-refractivity contribution in [3.63, 3.8) is 0 Å². The van der Waals surface area contributed by atoms with E-state index in [-0.39, 0.29) is 17.7 Å². The van der Waals surface area contributed by atoms with Crippen molar-refractivity contribution in [2.75, 3.05) is 13.1 Å². The van der Waals surface area contributed by atoms with E-state index in [4.69, 9.17) is 5.73 Å². The minimum atomic E-state index is -0.262. The maximum absolute atomic E-state index is 12.3. The highest BCUT2D eigenvalue weighted by Crippen LogP contribution is 2.17. The Bertz CT molecular complexity index is 638. The second-order valence-corrected chi connectivity index (χ2v) is 5.43. The molecule has 0 radical (unpaired) electrons. The van der Waals surface area contributed by atoms with Gasteiger partial charge in [0.2, 0.25) is 11.8 Å². The second-order valence-electron chi connectivity index (χ2n) is 5.43. The van der Waals surface area contributed by atoms with Crippen molar-refractivity contribution in [1.82, 2.24) is 14.3 Å². The molecule has 2 aromatic rings. The minimum absolute atomic E-state index is 0.0568. The highest BCUT2D eigenvalue weighted by atomic mass is 16.2. The van der Waals surface area contributed by atoms with Gasteiger partial charge in [-0.15, -0.1) is 0 Å². The highest BCUT2D eigenvalue weighted by Gasteiger charge is 2.26. The Kier molecular flexibility index (Phi) is 3.60. The molecule has 0 bridgehead atoms. The Balaban J connectivity index is 1.63. The van der Waals surface area contributed by atoms with Crippen LogP contribution < -0.4 is 5.73 Å². The number of likely N-dealkylation sites (tertiary alicyclic amines) is 1. The van der Waals surface area contributed by atoms with Crippen molar-refractivity contribution in [3.05, 3.63) is 36.3 Å². The lowest BCUT2D eigenvalue weighted by atomic mass is 9.96. The number of rotatable bonds is 3. The van der Waals surface area contributed by atoms with E-state index < -0.39 is 0 Å². The quantitative estimate of drug-likeness (QED) is 0.897. The molecule has 1 aliphatic heterocycles. The molecule has 1 fully saturated rings. The van der Waals surface area contributed by atoms with Crippen LogP contribution in [0, 0.1) is 5.92 Å². The summed E-state index contributed by atoms with van der Waals surface area (Å²) in [6.07, 6.45) is 5.40. The lowest BCUT2D eigenvalue weighted by Gasteiger charge is -2.30. The SMILES string of the molecule is NC(=O)C1CCN(C(=O)Cc2cn3ccccc3n2)CC1. The van der Waals surface area contributed by atoms with E-state index in [2.05, 4.69) is 4.98 Å². The highest BCUT2D eigenvalue weighted by molar-refractivity contribution is 5.80. The number of primary amides is 1. The Morgan fingerprint density at radius 1 is 1.29 bits per heavy atom. The zero-order valence-electron chi connectivity index (χ0n) is 11.7. The standard InChI is InChI=1S/C15H18N4O2/c16-15(21)11-4-7-18(8-5-11)14(20)9-12-10-19-6-2-1-3-13(19)17-12/h1-3,6,10-11H,4-5,7-9H2,(H2,16,21). The predicted molar refractivity (Wildman–Crippen MR) is 77.4 cm³/mol. The summed E-state index contributed by atoms with van der Waals surface area (Å²) < 4.78 is 1.90. The molecular weight excluding hydrogens is 268 g/mol. The van der Waals surface area contributed by atoms with Crippen molar-refractivity contribution >= 4 is 17.5 Å². The van der Waals surface area contributed by atoms with E-state index in [1.807, 2.05) is 35.0 Å². The molecule has 0 saturated carbocycles. The number of amides is 2. The zero-order valence-corrected chi connectivity index (χ0v) is 11.7. The third-order valence-corrected chi connectivity index (χ3v) is 4.00. The fraction of sp³-hybridized carbons (Fsp3) is 0.400. The van der Waals surface area contributed by atoms with E-state index in [1.54, 1.807) is 4.90 Å². The van der Waals surface area contributed by atoms with Gasteiger partial charge in [-0.2, -0.15) is 0 Å². The van der Waals surface area contributed by atoms with Gasteiger partial charge in [0.25, 0.3) is 0 Å². The maximum atomic E-state index is 12.3. The van der Waals surface area contributed by atoms with Crippen molar-refractivity contribution in [1.29, 1.82) is 0 Å². The number of hydrogen-bond donors (Lipinski definition) is 1. The van der Waals surface area contributed by atoms with Crippen LogP contribution in [0.5, 0.6) is 0 Å². The number of piperidine rings is 1. The summed E-state index contributed by atoms with van der Waals surface area (Å²) in [7, 11) is 0. The molecule has 1 aliphatic rings. The lowest BCUT2D eigenvalue weighted by Crippen LogP contribution is -2.42. The Morgan fingerprint density at radius 3 is 2.71 bits per heavy atom. The van der Waals surface area contributed by atoms with Crippen LogP contribution in [0.15, 0.2) is 30.6 Å². The summed E-state index contributed by atoms with van der Waals surface area (Å²) in [5.41, 5.74) is 6.91. The van der Waals surface area contributed by atoms with Gasteiger partial charge in [-0.1, -0.05) is 6.07 Å². The number of aromatic nitrogens is 2. The van der Waals surface area contributed by atoms with Crippen LogP contribution in [0.1, 0.15) is 18.5 Å². The number of carbonyl (C=O) groups excluding carboxylic acids is 2. The van der Waals surface area contributed by atoms with Crippen LogP contribution in [-0.4, -0.2) is 39.2 Å². The first-order valence-electron chi connectivity index (χ1n) is 7.13. The molecule has 0 aromatic carbocycles. The van der Waals surface area contributed by atoms with E-state index >= 15 is 0 Å². The van der Waals surface area contributed by atoms with Gasteiger partial charge in [0.15, 0.2) is 0 Å². The second kappa shape index (κ2) is 5.55. The van der Waals surface area contributed by atoms with Crippen LogP contribution >= 0.6 is 0 Å². The van der Waals surface area contributed by atoms with Gasteiger partial charge in [-0.3, -0.25) is 9.59 Å². The smallest absolute Gasteiger partial charge is 0.228 e. The van der Waals surface area contributed by atoms with Crippen molar-refractivity contribution in [2.45, 2.75) is 19.3 Å². The molecule has 1 saturated heterocycles. The lowest BCUT2D eigenvalue weighted by molar-refractivity contribution is -0.134. The molecule has 0 aliphatic carbocycles. The molecular formula is C15H18N4O2. The van der Waals surface area contributed by atoms with Gasteiger partial charge in [-0.25, -0.2) is 4.98 Å². The number of nitrogens with zero attached hydrogens (tertiary/aromatic N) is 3. The minimum Gasteiger partial charge on any atom is -0.369 e. The third kappa shape index (κ3) is 2.89. The molecule has 2 N–H and O–H groups in total. The number of nitrogens with two attached hydrogens (primary N) is 1. The van der Waals surface area contributed by atoms with E-state index in [9.17, 15) is 9.59 Å². The van der Waals surface area contributed by atoms with Crippen LogP contribution in [0.3, 0.4) is 0 Å². The van der Waals surface area contributed by atoms with Gasteiger partial charge in [-0.05, 0) is 25.0 Å². The van der Waals surface area contributed by atoms with Crippen LogP contribution in [-0.2, 0) is 16.0 Å². The molecule has 21 heavy (non-hydrogen) atoms. The first-order valence-corrected chi connectivity index (χ1v) is 7.13. The van der Waals surface area contributed by atoms with E-state index in [0.29, 0.717) is 32.4 Å². The summed E-state index contributed by atoms with van der Waals surface area (Å²) in [6, 6.07) is 5.75. The molecule has 2 amide bonds. The number of fused-ring (bicyclic) bond motifs is 1. The summed E-state index contributed by atoms with van der Waals surface area (Å²) in [5, 5.41) is 0. The molecule has 3 rings (SSSR count). The molecule has 2 aromatic heterocycles. The molecule has 0 unspecified atom stereocenters. The largest absolute Gasteiger partial charge is 0.369 e. The van der Waals surface area contributed by atoms with E-state index in [0.717, 1.165) is 11.3 Å². The topological polar surface area (TPSA) is 80.7 Å². The summed E-state index contributed by atoms with van der Waals surface area (Å²) in [6.45, 7) is 1.19. The fourth-order valence-corrected chi connectivity index (χ4v) is 2.75. The summed E-state index contributed by atoms with van der Waals surface area (Å²) in [5.74, 6) is -0.298. The Morgan fingerprint density at radius 2 is 2.05 bits per heavy atom. The number of pyridine rings is 1. The van der Waals surface area contributed by atoms with Gasteiger partial charge in [0.05, 0.1) is 12.1 Å². The average Bonchev–Trinajstić information content (AvgIpc) is 2.89. The summed E-state index contributed by atoms with van der Waals surface area (Å²) in [4.78, 5) is 29.6.